The molecule has 5 heteroatoms. The normalized spacial score (nSPS) is 28.7. The molecule has 0 radical (unpaired) electrons. The average Bonchev–Trinajstić information content (AvgIpc) is 3.15. The van der Waals surface area contributed by atoms with Crippen molar-refractivity contribution in [2.24, 2.45) is 9.78 Å². The maximum atomic E-state index is 12.6. The topological polar surface area (TPSA) is 47.9 Å². The second-order valence-corrected chi connectivity index (χ2v) is 10.4. The molecule has 0 bridgehead atoms. The van der Waals surface area contributed by atoms with Crippen LogP contribution in [0.2, 0.25) is 0 Å². The second kappa shape index (κ2) is 5.93. The summed E-state index contributed by atoms with van der Waals surface area (Å²) >= 11 is 0. The van der Waals surface area contributed by atoms with Crippen molar-refractivity contribution >= 4 is 9.73 Å². The highest BCUT2D eigenvalue weighted by Crippen LogP contribution is 2.47. The van der Waals surface area contributed by atoms with Crippen LogP contribution in [0.25, 0.3) is 0 Å². The van der Waals surface area contributed by atoms with Crippen LogP contribution in [-0.2, 0) is 19.2 Å². The van der Waals surface area contributed by atoms with Crippen LogP contribution in [0.5, 0.6) is 0 Å². The van der Waals surface area contributed by atoms with Crippen LogP contribution in [0.3, 0.4) is 0 Å². The predicted octanol–water partition coefficient (Wildman–Crippen LogP) is 3.21. The van der Waals surface area contributed by atoms with Crippen molar-refractivity contribution in [1.82, 2.24) is 0 Å². The van der Waals surface area contributed by atoms with E-state index in [0.717, 1.165) is 32.3 Å². The van der Waals surface area contributed by atoms with Crippen LogP contribution in [0.4, 0.5) is 0 Å². The number of hydrogen-bond acceptors (Lipinski definition) is 4. The summed E-state index contributed by atoms with van der Waals surface area (Å²) in [6.45, 7) is 8.14. The molecule has 20 heavy (non-hydrogen) atoms. The summed E-state index contributed by atoms with van der Waals surface area (Å²) in [6.07, 6.45) is 7.33. The molecule has 118 valence electrons. The first-order valence-corrected chi connectivity index (χ1v) is 9.57. The smallest absolute Gasteiger partial charge is 0.157 e. The first-order valence-electron chi connectivity index (χ1n) is 7.65. The van der Waals surface area contributed by atoms with E-state index in [1.165, 1.54) is 6.42 Å². The van der Waals surface area contributed by atoms with Crippen LogP contribution in [-0.4, -0.2) is 41.3 Å². The highest BCUT2D eigenvalue weighted by Gasteiger charge is 2.44. The van der Waals surface area contributed by atoms with Gasteiger partial charge in [0.15, 0.2) is 6.29 Å². The molecule has 0 spiro atoms. The summed E-state index contributed by atoms with van der Waals surface area (Å²) in [5.41, 5.74) is 0.130. The Morgan fingerprint density at radius 1 is 1.35 bits per heavy atom. The van der Waals surface area contributed by atoms with Gasteiger partial charge in [0.2, 0.25) is 0 Å². The zero-order valence-electron chi connectivity index (χ0n) is 13.3. The molecule has 2 aliphatic rings. The zero-order valence-corrected chi connectivity index (χ0v) is 14.1. The molecule has 0 aromatic carbocycles. The van der Waals surface area contributed by atoms with Gasteiger partial charge in [0.25, 0.3) is 0 Å². The first-order chi connectivity index (χ1) is 9.24. The van der Waals surface area contributed by atoms with E-state index < -0.39 is 9.73 Å². The van der Waals surface area contributed by atoms with Gasteiger partial charge in [-0.15, -0.1) is 0 Å². The van der Waals surface area contributed by atoms with Gasteiger partial charge in [-0.1, -0.05) is 0 Å². The maximum absolute atomic E-state index is 12.6. The Hall–Kier alpha value is -0.130. The molecule has 1 heterocycles. The molecule has 0 amide bonds. The summed E-state index contributed by atoms with van der Waals surface area (Å²) in [7, 11) is -2.15. The minimum Gasteiger partial charge on any atom is -0.353 e. The fourth-order valence-corrected chi connectivity index (χ4v) is 3.00. The third kappa shape index (κ3) is 4.18. The third-order valence-electron chi connectivity index (χ3n) is 4.45. The Morgan fingerprint density at radius 3 is 2.55 bits per heavy atom. The summed E-state index contributed by atoms with van der Waals surface area (Å²) < 4.78 is 28.3. The lowest BCUT2D eigenvalue weighted by molar-refractivity contribution is -0.170. The van der Waals surface area contributed by atoms with Gasteiger partial charge in [-0.25, -0.2) is 8.57 Å². The molecule has 2 unspecified atom stereocenters. The Kier molecular flexibility index (Phi) is 4.82. The minimum atomic E-state index is -2.15. The molecule has 4 nitrogen and oxygen atoms in total. The van der Waals surface area contributed by atoms with E-state index in [-0.39, 0.29) is 16.5 Å². The number of nitrogens with zero attached hydrogens (tertiary/aromatic N) is 1. The molecule has 2 fully saturated rings. The van der Waals surface area contributed by atoms with Crippen molar-refractivity contribution in [3.8, 4) is 0 Å². The van der Waals surface area contributed by atoms with Crippen molar-refractivity contribution in [2.75, 3.05) is 26.0 Å². The van der Waals surface area contributed by atoms with Crippen LogP contribution < -0.4 is 0 Å². The van der Waals surface area contributed by atoms with E-state index in [2.05, 4.69) is 4.36 Å². The lowest BCUT2D eigenvalue weighted by Gasteiger charge is -2.25. The van der Waals surface area contributed by atoms with Crippen LogP contribution in [0.15, 0.2) is 4.36 Å². The van der Waals surface area contributed by atoms with Gasteiger partial charge in [-0.05, 0) is 52.9 Å². The predicted molar refractivity (Wildman–Crippen MR) is 82.3 cm³/mol. The molecule has 0 aromatic rings. The monoisotopic (exact) mass is 303 g/mol. The molecular formula is C15H29NO3S. The number of hydrogen-bond donors (Lipinski definition) is 0. The molecule has 1 saturated carbocycles. The Labute approximate surface area is 123 Å². The van der Waals surface area contributed by atoms with Gasteiger partial charge in [0, 0.05) is 32.8 Å². The van der Waals surface area contributed by atoms with Gasteiger partial charge in [-0.3, -0.25) is 0 Å². The molecule has 1 saturated heterocycles. The van der Waals surface area contributed by atoms with Gasteiger partial charge < -0.3 is 9.47 Å². The summed E-state index contributed by atoms with van der Waals surface area (Å²) in [5, 5.41) is 0. The lowest BCUT2D eigenvalue weighted by atomic mass is 10.1. The van der Waals surface area contributed by atoms with E-state index in [1.807, 2.05) is 20.8 Å². The molecule has 0 N–H and O–H groups in total. The maximum Gasteiger partial charge on any atom is 0.157 e. The van der Waals surface area contributed by atoms with Crippen molar-refractivity contribution in [1.29, 1.82) is 0 Å². The van der Waals surface area contributed by atoms with Gasteiger partial charge >= 0.3 is 0 Å². The molecule has 2 atom stereocenters. The fraction of sp³-hybridized carbons (Fsp3) is 1.00. The van der Waals surface area contributed by atoms with Crippen LogP contribution in [0, 0.1) is 5.41 Å². The fourth-order valence-electron chi connectivity index (χ4n) is 2.09. The standard InChI is InChI=1S/C15H29NO3S/c1-14(2,3)20(4,17)16-11-15(8-9-15)12-19-13-7-5-6-10-18-13/h13H,5-12H2,1-4H3. The third-order valence-corrected chi connectivity index (χ3v) is 7.35. The van der Waals surface area contributed by atoms with Gasteiger partial charge in [0.05, 0.1) is 13.2 Å². The molecular weight excluding hydrogens is 274 g/mol. The highest BCUT2D eigenvalue weighted by molar-refractivity contribution is 7.94. The molecule has 1 aliphatic carbocycles. The molecule has 2 rings (SSSR count). The Morgan fingerprint density at radius 2 is 2.05 bits per heavy atom. The highest BCUT2D eigenvalue weighted by atomic mass is 32.2. The minimum absolute atomic E-state index is 0.0326. The van der Waals surface area contributed by atoms with Gasteiger partial charge in [0.1, 0.15) is 0 Å². The number of ether oxygens (including phenoxy) is 2. The quantitative estimate of drug-likeness (QED) is 0.783. The Bertz CT molecular complexity index is 437. The van der Waals surface area contributed by atoms with Crippen molar-refractivity contribution < 1.29 is 13.7 Å². The summed E-state index contributed by atoms with van der Waals surface area (Å²) in [6, 6.07) is 0. The van der Waals surface area contributed by atoms with E-state index in [0.29, 0.717) is 13.2 Å². The van der Waals surface area contributed by atoms with Crippen LogP contribution >= 0.6 is 0 Å². The zero-order chi connectivity index (χ0) is 14.9. The van der Waals surface area contributed by atoms with E-state index in [9.17, 15) is 4.21 Å². The van der Waals surface area contributed by atoms with Crippen molar-refractivity contribution in [3.05, 3.63) is 0 Å². The summed E-state index contributed by atoms with van der Waals surface area (Å²) in [5.74, 6) is 0. The SMILES string of the molecule is CC(C)(C)S(C)(=O)=NCC1(COC2CCCCO2)CC1. The average molecular weight is 303 g/mol. The Balaban J connectivity index is 1.86. The van der Waals surface area contributed by atoms with Gasteiger partial charge in [-0.2, -0.15) is 0 Å². The van der Waals surface area contributed by atoms with Crippen LogP contribution in [0.1, 0.15) is 52.9 Å². The van der Waals surface area contributed by atoms with E-state index in [4.69, 9.17) is 9.47 Å². The van der Waals surface area contributed by atoms with Crippen molar-refractivity contribution in [3.63, 3.8) is 0 Å². The number of rotatable bonds is 5. The van der Waals surface area contributed by atoms with E-state index >= 15 is 0 Å². The molecule has 1 aliphatic heterocycles. The second-order valence-electron chi connectivity index (χ2n) is 7.31. The van der Waals surface area contributed by atoms with E-state index in [1.54, 1.807) is 6.26 Å². The lowest BCUT2D eigenvalue weighted by Crippen LogP contribution is -2.29. The first kappa shape index (κ1) is 16.2. The molecule has 0 aromatic heterocycles. The largest absolute Gasteiger partial charge is 0.353 e. The van der Waals surface area contributed by atoms with Crippen molar-refractivity contribution in [2.45, 2.75) is 63.9 Å². The summed E-state index contributed by atoms with van der Waals surface area (Å²) in [4.78, 5) is 0.